The Labute approximate surface area is 334 Å². The highest BCUT2D eigenvalue weighted by Crippen LogP contribution is 2.49. The molecule has 1 heteroatoms. The Morgan fingerprint density at radius 3 is 1.30 bits per heavy atom. The summed E-state index contributed by atoms with van der Waals surface area (Å²) in [6.45, 7) is 0. The molecule has 0 fully saturated rings. The highest BCUT2D eigenvalue weighted by Gasteiger charge is 2.23. The van der Waals surface area contributed by atoms with Crippen LogP contribution in [0, 0.1) is 0 Å². The summed E-state index contributed by atoms with van der Waals surface area (Å²) in [6, 6.07) is 85.5. The number of benzene rings is 10. The van der Waals surface area contributed by atoms with Gasteiger partial charge in [0.15, 0.2) is 0 Å². The Hall–Kier alpha value is -7.48. The smallest absolute Gasteiger partial charge is 0.0546 e. The fraction of sp³-hybridized carbons (Fsp3) is 0. The summed E-state index contributed by atoms with van der Waals surface area (Å²) in [5.41, 5.74) is 15.5. The molecule has 0 atom stereocenters. The van der Waals surface area contributed by atoms with Gasteiger partial charge in [-0.3, -0.25) is 0 Å². The number of nitrogens with zero attached hydrogens (tertiary/aromatic N) is 1. The summed E-state index contributed by atoms with van der Waals surface area (Å²) in [4.78, 5) is 2.42. The third-order valence-corrected chi connectivity index (χ3v) is 11.1. The van der Waals surface area contributed by atoms with Gasteiger partial charge in [0.25, 0.3) is 0 Å². The minimum Gasteiger partial charge on any atom is -0.310 e. The number of fused-ring (bicyclic) bond motifs is 3. The molecule has 268 valence electrons. The van der Waals surface area contributed by atoms with Gasteiger partial charge in [0.1, 0.15) is 0 Å². The van der Waals surface area contributed by atoms with Gasteiger partial charge in [-0.2, -0.15) is 0 Å². The SMILES string of the molecule is c1ccc(-c2ccc(-c3ccc(N(c4ccccc4)c4cccc5c(-c6ccccc6)c(-c6ccccc6)c6ccccc6c45)cc3)c(-c3ccccc3)c2)cc1. The van der Waals surface area contributed by atoms with Gasteiger partial charge in [-0.05, 0) is 108 Å². The van der Waals surface area contributed by atoms with Crippen molar-refractivity contribution < 1.29 is 0 Å². The molecule has 57 heavy (non-hydrogen) atoms. The van der Waals surface area contributed by atoms with Crippen molar-refractivity contribution >= 4 is 38.6 Å². The molecule has 0 bridgehead atoms. The largest absolute Gasteiger partial charge is 0.310 e. The van der Waals surface area contributed by atoms with Crippen molar-refractivity contribution in [3.05, 3.63) is 237 Å². The predicted octanol–water partition coefficient (Wildman–Crippen LogP) is 15.8. The summed E-state index contributed by atoms with van der Waals surface area (Å²) in [5, 5.41) is 4.91. The van der Waals surface area contributed by atoms with Gasteiger partial charge >= 0.3 is 0 Å². The maximum atomic E-state index is 2.42. The first kappa shape index (κ1) is 34.0. The van der Waals surface area contributed by atoms with Crippen LogP contribution in [0.25, 0.3) is 77.2 Å². The maximum absolute atomic E-state index is 2.42. The van der Waals surface area contributed by atoms with Gasteiger partial charge in [-0.15, -0.1) is 0 Å². The van der Waals surface area contributed by atoms with Crippen molar-refractivity contribution in [1.29, 1.82) is 0 Å². The molecular formula is C56H39N. The fourth-order valence-corrected chi connectivity index (χ4v) is 8.47. The van der Waals surface area contributed by atoms with Crippen molar-refractivity contribution in [2.75, 3.05) is 4.90 Å². The molecule has 1 nitrogen and oxygen atoms in total. The number of anilines is 3. The van der Waals surface area contributed by atoms with E-state index in [1.807, 2.05) is 0 Å². The monoisotopic (exact) mass is 725 g/mol. The Morgan fingerprint density at radius 2 is 0.684 bits per heavy atom. The van der Waals surface area contributed by atoms with Crippen LogP contribution in [-0.4, -0.2) is 0 Å². The second-order valence-corrected chi connectivity index (χ2v) is 14.4. The molecule has 0 aliphatic carbocycles. The lowest BCUT2D eigenvalue weighted by atomic mass is 9.84. The summed E-state index contributed by atoms with van der Waals surface area (Å²) in [7, 11) is 0. The number of hydrogen-bond acceptors (Lipinski definition) is 1. The van der Waals surface area contributed by atoms with Crippen LogP contribution < -0.4 is 4.90 Å². The second kappa shape index (κ2) is 15.0. The van der Waals surface area contributed by atoms with Crippen LogP contribution in [0.1, 0.15) is 0 Å². The lowest BCUT2D eigenvalue weighted by Crippen LogP contribution is -2.10. The quantitative estimate of drug-likeness (QED) is 0.141. The summed E-state index contributed by atoms with van der Waals surface area (Å²) in [5.74, 6) is 0. The molecular weight excluding hydrogens is 687 g/mol. The predicted molar refractivity (Wildman–Crippen MR) is 243 cm³/mol. The average Bonchev–Trinajstić information content (AvgIpc) is 3.30. The Bertz CT molecular complexity index is 2960. The van der Waals surface area contributed by atoms with Crippen LogP contribution in [0.2, 0.25) is 0 Å². The first-order chi connectivity index (χ1) is 28.3. The van der Waals surface area contributed by atoms with Gasteiger partial charge in [0.05, 0.1) is 5.69 Å². The summed E-state index contributed by atoms with van der Waals surface area (Å²) in [6.07, 6.45) is 0. The third kappa shape index (κ3) is 6.36. The van der Waals surface area contributed by atoms with E-state index in [2.05, 4.69) is 241 Å². The van der Waals surface area contributed by atoms with E-state index < -0.39 is 0 Å². The van der Waals surface area contributed by atoms with Crippen LogP contribution in [0.5, 0.6) is 0 Å². The molecule has 10 aromatic rings. The minimum atomic E-state index is 1.09. The van der Waals surface area contributed by atoms with Crippen molar-refractivity contribution in [3.63, 3.8) is 0 Å². The van der Waals surface area contributed by atoms with E-state index in [1.165, 1.54) is 77.2 Å². The zero-order valence-corrected chi connectivity index (χ0v) is 31.5. The molecule has 0 spiro atoms. The molecule has 0 heterocycles. The molecule has 0 unspecified atom stereocenters. The third-order valence-electron chi connectivity index (χ3n) is 11.1. The highest BCUT2D eigenvalue weighted by molar-refractivity contribution is 6.25. The molecule has 0 radical (unpaired) electrons. The molecule has 10 rings (SSSR count). The number of para-hydroxylation sites is 1. The van der Waals surface area contributed by atoms with E-state index in [4.69, 9.17) is 0 Å². The second-order valence-electron chi connectivity index (χ2n) is 14.4. The number of hydrogen-bond donors (Lipinski definition) is 0. The van der Waals surface area contributed by atoms with Gasteiger partial charge < -0.3 is 4.90 Å². The van der Waals surface area contributed by atoms with E-state index in [1.54, 1.807) is 0 Å². The molecule has 0 aliphatic rings. The van der Waals surface area contributed by atoms with Crippen molar-refractivity contribution in [2.24, 2.45) is 0 Å². The zero-order valence-electron chi connectivity index (χ0n) is 31.5. The zero-order chi connectivity index (χ0) is 38.0. The average molecular weight is 726 g/mol. The lowest BCUT2D eigenvalue weighted by molar-refractivity contribution is 1.30. The van der Waals surface area contributed by atoms with E-state index in [0.717, 1.165) is 17.1 Å². The van der Waals surface area contributed by atoms with Crippen LogP contribution in [0.4, 0.5) is 17.1 Å². The van der Waals surface area contributed by atoms with Crippen LogP contribution >= 0.6 is 0 Å². The summed E-state index contributed by atoms with van der Waals surface area (Å²) >= 11 is 0. The first-order valence-electron chi connectivity index (χ1n) is 19.6. The molecule has 0 aliphatic heterocycles. The van der Waals surface area contributed by atoms with Crippen molar-refractivity contribution in [3.8, 4) is 55.6 Å². The molecule has 0 aromatic heterocycles. The van der Waals surface area contributed by atoms with Crippen LogP contribution in [0.15, 0.2) is 237 Å². The molecule has 0 N–H and O–H groups in total. The van der Waals surface area contributed by atoms with Crippen molar-refractivity contribution in [2.45, 2.75) is 0 Å². The number of rotatable bonds is 8. The van der Waals surface area contributed by atoms with Crippen molar-refractivity contribution in [1.82, 2.24) is 0 Å². The topological polar surface area (TPSA) is 3.24 Å². The fourth-order valence-electron chi connectivity index (χ4n) is 8.47. The van der Waals surface area contributed by atoms with Gasteiger partial charge in [0, 0.05) is 16.8 Å². The van der Waals surface area contributed by atoms with Gasteiger partial charge in [-0.1, -0.05) is 200 Å². The van der Waals surface area contributed by atoms with Gasteiger partial charge in [-0.25, -0.2) is 0 Å². The minimum absolute atomic E-state index is 1.09. The van der Waals surface area contributed by atoms with Gasteiger partial charge in [0.2, 0.25) is 0 Å². The highest BCUT2D eigenvalue weighted by atomic mass is 15.1. The molecule has 0 amide bonds. The molecule has 10 aromatic carbocycles. The Morgan fingerprint density at radius 1 is 0.246 bits per heavy atom. The Balaban J connectivity index is 1.18. The van der Waals surface area contributed by atoms with E-state index in [0.29, 0.717) is 0 Å². The lowest BCUT2D eigenvalue weighted by Gasteiger charge is -2.29. The van der Waals surface area contributed by atoms with Crippen LogP contribution in [0.3, 0.4) is 0 Å². The first-order valence-corrected chi connectivity index (χ1v) is 19.6. The normalized spacial score (nSPS) is 11.2. The van der Waals surface area contributed by atoms with E-state index >= 15 is 0 Å². The maximum Gasteiger partial charge on any atom is 0.0546 e. The van der Waals surface area contributed by atoms with E-state index in [9.17, 15) is 0 Å². The van der Waals surface area contributed by atoms with Crippen LogP contribution in [-0.2, 0) is 0 Å². The summed E-state index contributed by atoms with van der Waals surface area (Å²) < 4.78 is 0. The Kier molecular flexibility index (Phi) is 8.95. The molecule has 0 saturated heterocycles. The molecule has 0 saturated carbocycles. The van der Waals surface area contributed by atoms with E-state index in [-0.39, 0.29) is 0 Å². The standard InChI is InChI=1S/C56H39N/c1-6-19-40(20-7-1)45-35-38-48(52(39-45)41-21-8-2-9-22-41)42-33-36-47(37-34-42)57(46-27-14-5-15-28-46)53-32-18-31-51-55(44-25-12-4-13-26-44)54(43-23-10-3-11-24-43)49-29-16-17-30-50(49)56(51)53/h1-39H.